The fourth-order valence-corrected chi connectivity index (χ4v) is 6.97. The number of carbonyl (C=O) groups excluding carboxylic acids is 2. The molecule has 1 atom stereocenters. The molecule has 32 heavy (non-hydrogen) atoms. The van der Waals surface area contributed by atoms with Crippen molar-refractivity contribution in [3.63, 3.8) is 0 Å². The highest BCUT2D eigenvalue weighted by molar-refractivity contribution is 5.90. The van der Waals surface area contributed by atoms with Crippen LogP contribution in [0, 0.1) is 17.8 Å². The monoisotopic (exact) mass is 446 g/mol. The Morgan fingerprint density at radius 2 is 1.72 bits per heavy atom. The van der Waals surface area contributed by atoms with E-state index >= 15 is 0 Å². The number of rotatable bonds is 7. The Hall–Kier alpha value is -1.93. The average molecular weight is 447 g/mol. The van der Waals surface area contributed by atoms with Gasteiger partial charge in [0.05, 0.1) is 13.1 Å². The fraction of sp³-hybridized carbons (Fsp3) is 0.792. The summed E-state index contributed by atoms with van der Waals surface area (Å²) < 4.78 is 11.6. The van der Waals surface area contributed by atoms with Gasteiger partial charge < -0.3 is 24.2 Å². The average Bonchev–Trinajstić information content (AvgIpc) is 3.57. The molecule has 4 heterocycles. The van der Waals surface area contributed by atoms with E-state index in [-0.39, 0.29) is 29.8 Å². The molecular weight excluding hydrogens is 410 g/mol. The molecule has 0 unspecified atom stereocenters. The van der Waals surface area contributed by atoms with Gasteiger partial charge in [0.25, 0.3) is 5.91 Å². The van der Waals surface area contributed by atoms with E-state index in [2.05, 4.69) is 10.5 Å². The summed E-state index contributed by atoms with van der Waals surface area (Å²) in [6, 6.07) is 1.62. The zero-order chi connectivity index (χ0) is 22.2. The minimum atomic E-state index is -1.34. The number of nitrogens with one attached hydrogen (secondary N) is 1. The second-order valence-electron chi connectivity index (χ2n) is 10.6. The van der Waals surface area contributed by atoms with E-state index in [4.69, 9.17) is 9.26 Å². The van der Waals surface area contributed by atoms with Crippen molar-refractivity contribution in [3.8, 4) is 0 Å². The second-order valence-corrected chi connectivity index (χ2v) is 10.6. The number of fused-ring (bicyclic) bond motifs is 3. The molecule has 2 saturated carbocycles. The summed E-state index contributed by atoms with van der Waals surface area (Å²) in [5, 5.41) is 18.3. The van der Waals surface area contributed by atoms with Crippen LogP contribution >= 0.6 is 0 Å². The molecule has 0 radical (unpaired) electrons. The molecule has 2 bridgehead atoms. The molecule has 2 N–H and O–H groups in total. The van der Waals surface area contributed by atoms with E-state index < -0.39 is 5.60 Å². The Morgan fingerprint density at radius 1 is 1.09 bits per heavy atom. The van der Waals surface area contributed by atoms with E-state index in [1.807, 2.05) is 0 Å². The minimum Gasteiger partial charge on any atom is -0.454 e. The highest BCUT2D eigenvalue weighted by Gasteiger charge is 2.55. The third-order valence-electron chi connectivity index (χ3n) is 8.77. The van der Waals surface area contributed by atoms with Gasteiger partial charge >= 0.3 is 5.97 Å². The second kappa shape index (κ2) is 8.78. The Labute approximate surface area is 189 Å². The van der Waals surface area contributed by atoms with Crippen molar-refractivity contribution in [1.82, 2.24) is 5.16 Å². The number of esters is 1. The van der Waals surface area contributed by atoms with Gasteiger partial charge in [-0.2, -0.15) is 0 Å². The minimum absolute atomic E-state index is 0.0237. The summed E-state index contributed by atoms with van der Waals surface area (Å²) in [5.74, 6) is 0.305. The highest BCUT2D eigenvalue weighted by Crippen LogP contribution is 2.46. The Morgan fingerprint density at radius 3 is 2.28 bits per heavy atom. The number of anilines is 1. The molecule has 2 aliphatic carbocycles. The lowest BCUT2D eigenvalue weighted by molar-refractivity contribution is -0.939. The number of hydrogen-bond donors (Lipinski definition) is 2. The molecule has 5 aliphatic rings. The maximum absolute atomic E-state index is 13.5. The SMILES string of the molecule is O=C(C[N+]12CCC(CC1)[C@@H](OC(=O)C(O)(C1CCCC1)C1CCCC1)C2)Nc1ccon1. The van der Waals surface area contributed by atoms with Gasteiger partial charge in [-0.25, -0.2) is 4.79 Å². The first kappa shape index (κ1) is 21.9. The van der Waals surface area contributed by atoms with Crippen molar-refractivity contribution in [3.05, 3.63) is 12.3 Å². The molecule has 5 fully saturated rings. The van der Waals surface area contributed by atoms with Crippen LogP contribution in [0.15, 0.2) is 16.9 Å². The first-order valence-corrected chi connectivity index (χ1v) is 12.5. The van der Waals surface area contributed by atoms with Gasteiger partial charge in [0.15, 0.2) is 24.1 Å². The Kier molecular flexibility index (Phi) is 6.01. The van der Waals surface area contributed by atoms with Crippen molar-refractivity contribution in [1.29, 1.82) is 0 Å². The largest absolute Gasteiger partial charge is 0.454 e. The number of hydrogen-bond acceptors (Lipinski definition) is 6. The smallest absolute Gasteiger partial charge is 0.339 e. The highest BCUT2D eigenvalue weighted by atomic mass is 16.6. The first-order chi connectivity index (χ1) is 15.5. The molecule has 8 heteroatoms. The molecule has 1 amide bonds. The normalized spacial score (nSPS) is 31.2. The zero-order valence-corrected chi connectivity index (χ0v) is 18.8. The lowest BCUT2D eigenvalue weighted by Gasteiger charge is -2.52. The van der Waals surface area contributed by atoms with Crippen LogP contribution in [0.1, 0.15) is 64.2 Å². The maximum Gasteiger partial charge on any atom is 0.339 e. The van der Waals surface area contributed by atoms with Crippen LogP contribution in [0.3, 0.4) is 0 Å². The van der Waals surface area contributed by atoms with Crippen LogP contribution in [0.25, 0.3) is 0 Å². The predicted octanol–water partition coefficient (Wildman–Crippen LogP) is 2.88. The summed E-state index contributed by atoms with van der Waals surface area (Å²) >= 11 is 0. The van der Waals surface area contributed by atoms with Gasteiger partial charge in [-0.3, -0.25) is 4.79 Å². The number of piperidine rings is 3. The molecule has 0 spiro atoms. The first-order valence-electron chi connectivity index (χ1n) is 12.5. The van der Waals surface area contributed by atoms with Gasteiger partial charge in [-0.15, -0.1) is 0 Å². The molecule has 6 rings (SSSR count). The summed E-state index contributed by atoms with van der Waals surface area (Å²) in [6.45, 7) is 2.82. The predicted molar refractivity (Wildman–Crippen MR) is 116 cm³/mol. The maximum atomic E-state index is 13.5. The van der Waals surface area contributed by atoms with E-state index in [1.165, 1.54) is 6.26 Å². The van der Waals surface area contributed by atoms with Gasteiger partial charge in [0, 0.05) is 24.8 Å². The third kappa shape index (κ3) is 4.07. The van der Waals surface area contributed by atoms with E-state index in [0.29, 0.717) is 29.3 Å². The molecule has 3 saturated heterocycles. The standard InChI is InChI=1S/C24H35N3O5/c28-22(25-21-11-14-31-26-21)16-27-12-9-17(10-13-27)20(15-27)32-23(29)24(30,18-5-1-2-6-18)19-7-3-4-8-19/h11,14,17-20,30H,1-10,12-13,15-16H2/p+1/t17?,20-,27?/m0/s1. The lowest BCUT2D eigenvalue weighted by Crippen LogP contribution is -2.67. The van der Waals surface area contributed by atoms with E-state index in [1.54, 1.807) is 6.07 Å². The molecule has 3 aliphatic heterocycles. The van der Waals surface area contributed by atoms with Crippen LogP contribution in [0.5, 0.6) is 0 Å². The van der Waals surface area contributed by atoms with Crippen molar-refractivity contribution in [2.75, 3.05) is 31.5 Å². The van der Waals surface area contributed by atoms with Gasteiger partial charge in [0.1, 0.15) is 12.8 Å². The van der Waals surface area contributed by atoms with Crippen LogP contribution in [-0.4, -0.2) is 64.5 Å². The quantitative estimate of drug-likeness (QED) is 0.493. The number of quaternary nitrogens is 1. The van der Waals surface area contributed by atoms with Gasteiger partial charge in [-0.1, -0.05) is 30.8 Å². The summed E-state index contributed by atoms with van der Waals surface area (Å²) in [5.41, 5.74) is -1.34. The van der Waals surface area contributed by atoms with Crippen LogP contribution in [-0.2, 0) is 14.3 Å². The van der Waals surface area contributed by atoms with Crippen molar-refractivity contribution in [2.24, 2.45) is 17.8 Å². The van der Waals surface area contributed by atoms with Crippen molar-refractivity contribution >= 4 is 17.7 Å². The number of carbonyl (C=O) groups is 2. The molecule has 176 valence electrons. The van der Waals surface area contributed by atoms with Crippen molar-refractivity contribution in [2.45, 2.75) is 75.9 Å². The zero-order valence-electron chi connectivity index (χ0n) is 18.8. The van der Waals surface area contributed by atoms with E-state index in [0.717, 1.165) is 77.3 Å². The van der Waals surface area contributed by atoms with Gasteiger partial charge in [-0.05, 0) is 37.5 Å². The summed E-state index contributed by atoms with van der Waals surface area (Å²) in [7, 11) is 0. The molecule has 1 aromatic rings. The summed E-state index contributed by atoms with van der Waals surface area (Å²) in [4.78, 5) is 26.2. The summed E-state index contributed by atoms with van der Waals surface area (Å²) in [6.07, 6.45) is 11.1. The van der Waals surface area contributed by atoms with Crippen molar-refractivity contribution < 1.29 is 28.4 Å². The molecule has 8 nitrogen and oxygen atoms in total. The van der Waals surface area contributed by atoms with Gasteiger partial charge in [0.2, 0.25) is 0 Å². The number of aromatic nitrogens is 1. The van der Waals surface area contributed by atoms with Crippen LogP contribution in [0.2, 0.25) is 0 Å². The molecule has 1 aromatic heterocycles. The number of ether oxygens (including phenoxy) is 1. The Balaban J connectivity index is 1.27. The number of nitrogens with zero attached hydrogens (tertiary/aromatic N) is 2. The lowest BCUT2D eigenvalue weighted by atomic mass is 9.74. The molecular formula is C24H36N3O5+. The third-order valence-corrected chi connectivity index (χ3v) is 8.77. The van der Waals surface area contributed by atoms with E-state index in [9.17, 15) is 14.7 Å². The Bertz CT molecular complexity index is 790. The number of amides is 1. The topological polar surface area (TPSA) is 102 Å². The fourth-order valence-electron chi connectivity index (χ4n) is 6.97. The van der Waals surface area contributed by atoms with Crippen LogP contribution < -0.4 is 5.32 Å². The van der Waals surface area contributed by atoms with Crippen LogP contribution in [0.4, 0.5) is 5.82 Å². The number of aliphatic hydroxyl groups is 1. The molecule has 0 aromatic carbocycles.